The Morgan fingerprint density at radius 1 is 1.06 bits per heavy atom. The molecule has 35 heavy (non-hydrogen) atoms. The van der Waals surface area contributed by atoms with E-state index in [0.29, 0.717) is 45.6 Å². The second kappa shape index (κ2) is 9.48. The van der Waals surface area contributed by atoms with Crippen molar-refractivity contribution in [3.05, 3.63) is 53.3 Å². The first-order valence-corrected chi connectivity index (χ1v) is 14.2. The third kappa shape index (κ3) is 4.79. The molecule has 2 aliphatic rings. The number of aromatic nitrogens is 1. The number of carbonyl (C=O) groups excluding carboxylic acids is 1. The Labute approximate surface area is 209 Å². The molecule has 0 radical (unpaired) electrons. The zero-order valence-corrected chi connectivity index (χ0v) is 21.5. The molecule has 0 saturated carbocycles. The Hall–Kier alpha value is -2.56. The summed E-state index contributed by atoms with van der Waals surface area (Å²) in [5.41, 5.74) is 3.45. The summed E-state index contributed by atoms with van der Waals surface area (Å²) in [7, 11) is -3.76. The van der Waals surface area contributed by atoms with E-state index in [2.05, 4.69) is 30.9 Å². The van der Waals surface area contributed by atoms with Crippen LogP contribution in [0.3, 0.4) is 0 Å². The average molecular weight is 517 g/mol. The van der Waals surface area contributed by atoms with Gasteiger partial charge in [0.1, 0.15) is 5.82 Å². The lowest BCUT2D eigenvalue weighted by Gasteiger charge is -2.38. The van der Waals surface area contributed by atoms with Gasteiger partial charge in [-0.2, -0.15) is 4.31 Å². The van der Waals surface area contributed by atoms with E-state index in [0.717, 1.165) is 22.8 Å². The smallest absolute Gasteiger partial charge is 0.243 e. The quantitative estimate of drug-likeness (QED) is 0.527. The fourth-order valence-corrected chi connectivity index (χ4v) is 7.59. The maximum atomic E-state index is 13.3. The molecule has 2 aromatic carbocycles. The van der Waals surface area contributed by atoms with E-state index in [4.69, 9.17) is 4.98 Å². The van der Waals surface area contributed by atoms with Crippen LogP contribution in [0.1, 0.15) is 24.0 Å². The van der Waals surface area contributed by atoms with Crippen LogP contribution in [0.25, 0.3) is 10.2 Å². The number of halogens is 1. The highest BCUT2D eigenvalue weighted by Gasteiger charge is 2.36. The molecule has 1 atom stereocenters. The molecule has 3 heterocycles. The number of anilines is 1. The van der Waals surface area contributed by atoms with Crippen molar-refractivity contribution in [2.45, 2.75) is 31.6 Å². The lowest BCUT2D eigenvalue weighted by atomic mass is 9.98. The Morgan fingerprint density at radius 2 is 1.77 bits per heavy atom. The second-order valence-corrected chi connectivity index (χ2v) is 12.3. The number of hydrogen-bond acceptors (Lipinski definition) is 6. The number of benzene rings is 2. The van der Waals surface area contributed by atoms with Gasteiger partial charge in [0.05, 0.1) is 21.0 Å². The van der Waals surface area contributed by atoms with Crippen LogP contribution in [-0.4, -0.2) is 67.8 Å². The van der Waals surface area contributed by atoms with Crippen LogP contribution in [0, 0.1) is 25.6 Å². The van der Waals surface area contributed by atoms with Crippen LogP contribution in [0.5, 0.6) is 0 Å². The molecule has 10 heteroatoms. The monoisotopic (exact) mass is 516 g/mol. The van der Waals surface area contributed by atoms with Crippen LogP contribution in [0.15, 0.2) is 41.3 Å². The zero-order valence-electron chi connectivity index (χ0n) is 19.9. The molecule has 1 unspecified atom stereocenters. The van der Waals surface area contributed by atoms with Crippen LogP contribution >= 0.6 is 11.3 Å². The van der Waals surface area contributed by atoms with Crippen LogP contribution < -0.4 is 4.90 Å². The van der Waals surface area contributed by atoms with Gasteiger partial charge in [0.2, 0.25) is 15.9 Å². The molecule has 0 N–H and O–H groups in total. The van der Waals surface area contributed by atoms with Gasteiger partial charge in [-0.1, -0.05) is 17.4 Å². The first-order valence-electron chi connectivity index (χ1n) is 11.9. The summed E-state index contributed by atoms with van der Waals surface area (Å²) in [6.45, 7) is 7.30. The molecular weight excluding hydrogens is 487 g/mol. The number of aryl methyl sites for hydroxylation is 2. The lowest BCUT2D eigenvalue weighted by molar-refractivity contribution is -0.137. The predicted octanol–water partition coefficient (Wildman–Crippen LogP) is 3.80. The average Bonchev–Trinajstić information content (AvgIpc) is 3.28. The highest BCUT2D eigenvalue weighted by atomic mass is 32.2. The molecule has 2 fully saturated rings. The number of carbonyl (C=O) groups is 1. The Kier molecular flexibility index (Phi) is 6.54. The van der Waals surface area contributed by atoms with Gasteiger partial charge in [-0.3, -0.25) is 4.79 Å². The fraction of sp³-hybridized carbons (Fsp3) is 0.440. The van der Waals surface area contributed by atoms with Gasteiger partial charge in [-0.25, -0.2) is 17.8 Å². The molecule has 1 amide bonds. The van der Waals surface area contributed by atoms with E-state index in [1.54, 1.807) is 11.3 Å². The first-order chi connectivity index (χ1) is 16.7. The molecule has 2 saturated heterocycles. The summed E-state index contributed by atoms with van der Waals surface area (Å²) in [5.74, 6) is -0.830. The van der Waals surface area contributed by atoms with Crippen molar-refractivity contribution in [2.24, 2.45) is 5.92 Å². The van der Waals surface area contributed by atoms with Gasteiger partial charge < -0.3 is 9.80 Å². The SMILES string of the molecule is Cc1cc(C)c2sc(N3CCN(C(=O)C4CCCN(S(=O)(=O)c5ccc(F)cc5)C4)CC3)nc2c1. The number of thiazole rings is 1. The minimum absolute atomic E-state index is 0.0134. The van der Waals surface area contributed by atoms with Crippen molar-refractivity contribution in [1.82, 2.24) is 14.2 Å². The highest BCUT2D eigenvalue weighted by molar-refractivity contribution is 7.89. The minimum Gasteiger partial charge on any atom is -0.345 e. The van der Waals surface area contributed by atoms with Crippen molar-refractivity contribution in [1.29, 1.82) is 0 Å². The summed E-state index contributed by atoms with van der Waals surface area (Å²) in [6.07, 6.45) is 1.30. The van der Waals surface area contributed by atoms with Gasteiger partial charge >= 0.3 is 0 Å². The zero-order chi connectivity index (χ0) is 24.7. The van der Waals surface area contributed by atoms with Crippen molar-refractivity contribution in [3.63, 3.8) is 0 Å². The van der Waals surface area contributed by atoms with Crippen molar-refractivity contribution >= 4 is 42.6 Å². The maximum absolute atomic E-state index is 13.3. The number of fused-ring (bicyclic) bond motifs is 1. The topological polar surface area (TPSA) is 73.8 Å². The number of amides is 1. The Balaban J connectivity index is 1.23. The van der Waals surface area contributed by atoms with E-state index in [1.165, 1.54) is 32.3 Å². The van der Waals surface area contributed by atoms with Gasteiger partial charge in [0, 0.05) is 39.3 Å². The molecule has 0 bridgehead atoms. The third-order valence-corrected chi connectivity index (χ3v) is 10.0. The van der Waals surface area contributed by atoms with Crippen LogP contribution in [0.2, 0.25) is 0 Å². The minimum atomic E-state index is -3.76. The molecule has 186 valence electrons. The van der Waals surface area contributed by atoms with E-state index < -0.39 is 15.8 Å². The second-order valence-electron chi connectivity index (χ2n) is 9.39. The van der Waals surface area contributed by atoms with Gasteiger partial charge in [0.15, 0.2) is 5.13 Å². The normalized spacial score (nSPS) is 19.9. The fourth-order valence-electron chi connectivity index (χ4n) is 4.99. The van der Waals surface area contributed by atoms with Crippen LogP contribution in [-0.2, 0) is 14.8 Å². The molecule has 2 aliphatic heterocycles. The van der Waals surface area contributed by atoms with Crippen LogP contribution in [0.4, 0.5) is 9.52 Å². The Morgan fingerprint density at radius 3 is 2.49 bits per heavy atom. The summed E-state index contributed by atoms with van der Waals surface area (Å²) in [5, 5.41) is 0.982. The van der Waals surface area contributed by atoms with Gasteiger partial charge in [-0.05, 0) is 68.1 Å². The Bertz CT molecular complexity index is 1350. The molecule has 1 aromatic heterocycles. The maximum Gasteiger partial charge on any atom is 0.243 e. The molecular formula is C25H29FN4O3S2. The van der Waals surface area contributed by atoms with E-state index in [9.17, 15) is 17.6 Å². The lowest BCUT2D eigenvalue weighted by Crippen LogP contribution is -2.53. The van der Waals surface area contributed by atoms with Gasteiger partial charge in [-0.15, -0.1) is 0 Å². The number of hydrogen-bond donors (Lipinski definition) is 0. The summed E-state index contributed by atoms with van der Waals surface area (Å²) < 4.78 is 41.9. The number of piperidine rings is 1. The number of piperazine rings is 1. The summed E-state index contributed by atoms with van der Waals surface area (Å²) in [4.78, 5) is 22.3. The van der Waals surface area contributed by atoms with Crippen molar-refractivity contribution < 1.29 is 17.6 Å². The number of nitrogens with zero attached hydrogens (tertiary/aromatic N) is 4. The molecule has 0 aliphatic carbocycles. The summed E-state index contributed by atoms with van der Waals surface area (Å²) in [6, 6.07) is 9.13. The summed E-state index contributed by atoms with van der Waals surface area (Å²) >= 11 is 1.69. The van der Waals surface area contributed by atoms with Gasteiger partial charge in [0.25, 0.3) is 0 Å². The number of sulfonamides is 1. The standard InChI is InChI=1S/C25H29FN4O3S2/c1-17-14-18(2)23-22(15-17)27-25(34-23)29-12-10-28(11-13-29)24(31)19-4-3-9-30(16-19)35(32,33)21-7-5-20(26)6-8-21/h5-8,14-15,19H,3-4,9-13,16H2,1-2H3. The first kappa shape index (κ1) is 24.1. The largest absolute Gasteiger partial charge is 0.345 e. The molecule has 7 nitrogen and oxygen atoms in total. The van der Waals surface area contributed by atoms with E-state index in [-0.39, 0.29) is 23.3 Å². The number of rotatable bonds is 4. The third-order valence-electron chi connectivity index (χ3n) is 6.86. The van der Waals surface area contributed by atoms with Crippen molar-refractivity contribution in [3.8, 4) is 0 Å². The molecule has 5 rings (SSSR count). The highest BCUT2D eigenvalue weighted by Crippen LogP contribution is 2.33. The van der Waals surface area contributed by atoms with Crippen molar-refractivity contribution in [2.75, 3.05) is 44.2 Å². The molecule has 0 spiro atoms. The molecule has 3 aromatic rings. The van der Waals surface area contributed by atoms with E-state index >= 15 is 0 Å². The predicted molar refractivity (Wildman–Crippen MR) is 136 cm³/mol. The van der Waals surface area contributed by atoms with E-state index in [1.807, 2.05) is 4.90 Å².